The van der Waals surface area contributed by atoms with E-state index in [1.54, 1.807) is 14.2 Å². The number of nitrogens with two attached hydrogens (primary N) is 1. The zero-order valence-corrected chi connectivity index (χ0v) is 19.5. The molecule has 0 aromatic heterocycles. The highest BCUT2D eigenvalue weighted by Gasteiger charge is 2.22. The van der Waals surface area contributed by atoms with Gasteiger partial charge in [0.25, 0.3) is 0 Å². The third-order valence-corrected chi connectivity index (χ3v) is 5.73. The summed E-state index contributed by atoms with van der Waals surface area (Å²) in [5.41, 5.74) is 6.49. The molecule has 1 aromatic rings. The highest BCUT2D eigenvalue weighted by molar-refractivity contribution is 5.79. The first-order valence-corrected chi connectivity index (χ1v) is 11.2. The second kappa shape index (κ2) is 13.0. The average Bonchev–Trinajstić information content (AvgIpc) is 2.78. The minimum absolute atomic E-state index is 0.0587. The number of ether oxygens (including phenoxy) is 2. The van der Waals surface area contributed by atoms with Gasteiger partial charge in [-0.05, 0) is 64.4 Å². The number of guanidine groups is 1. The van der Waals surface area contributed by atoms with E-state index in [-0.39, 0.29) is 11.8 Å². The molecule has 3 N–H and O–H groups in total. The fraction of sp³-hybridized carbons (Fsp3) is 0.652. The Labute approximate surface area is 186 Å². The Bertz CT molecular complexity index is 717. The van der Waals surface area contributed by atoms with Crippen molar-refractivity contribution in [2.75, 3.05) is 54.0 Å². The first-order chi connectivity index (χ1) is 15.0. The molecule has 2 rings (SSSR count). The van der Waals surface area contributed by atoms with Crippen LogP contribution in [0.3, 0.4) is 0 Å². The van der Waals surface area contributed by atoms with Crippen LogP contribution in [0.25, 0.3) is 0 Å². The Morgan fingerprint density at radius 2 is 2.00 bits per heavy atom. The molecule has 0 unspecified atom stereocenters. The van der Waals surface area contributed by atoms with Gasteiger partial charge in [0.05, 0.1) is 14.2 Å². The molecule has 0 bridgehead atoms. The predicted octanol–water partition coefficient (Wildman–Crippen LogP) is 2.08. The Morgan fingerprint density at radius 3 is 2.61 bits per heavy atom. The van der Waals surface area contributed by atoms with Crippen LogP contribution in [0, 0.1) is 5.92 Å². The smallest absolute Gasteiger partial charge is 0.220 e. The Hall–Kier alpha value is -2.48. The van der Waals surface area contributed by atoms with E-state index in [2.05, 4.69) is 22.0 Å². The molecule has 0 radical (unpaired) electrons. The fourth-order valence-corrected chi connectivity index (χ4v) is 3.86. The second-order valence-corrected chi connectivity index (χ2v) is 7.99. The SMILES string of the molecule is CCNC(=NCCCCN1CCC(C(N)=O)CC1)N(C)Cc1ccc(OC)cc1OC. The van der Waals surface area contributed by atoms with Gasteiger partial charge < -0.3 is 30.3 Å². The van der Waals surface area contributed by atoms with Crippen LogP contribution in [0.5, 0.6) is 11.5 Å². The van der Waals surface area contributed by atoms with E-state index < -0.39 is 0 Å². The number of amides is 1. The molecule has 1 heterocycles. The van der Waals surface area contributed by atoms with Crippen LogP contribution in [-0.4, -0.2) is 75.7 Å². The summed E-state index contributed by atoms with van der Waals surface area (Å²) in [5, 5.41) is 3.37. The topological polar surface area (TPSA) is 92.4 Å². The largest absolute Gasteiger partial charge is 0.497 e. The number of rotatable bonds is 11. The van der Waals surface area contributed by atoms with Crippen molar-refractivity contribution in [1.29, 1.82) is 0 Å². The number of hydrogen-bond donors (Lipinski definition) is 2. The number of primary amides is 1. The lowest BCUT2D eigenvalue weighted by molar-refractivity contribution is -0.123. The standard InChI is InChI=1S/C23H39N5O3/c1-5-25-23(27(2)17-19-8-9-20(30-3)16-21(19)31-4)26-12-6-7-13-28-14-10-18(11-15-28)22(24)29/h8-9,16,18H,5-7,10-15,17H2,1-4H3,(H2,24,29)(H,25,26). The summed E-state index contributed by atoms with van der Waals surface area (Å²) in [6, 6.07) is 5.88. The molecule has 0 saturated carbocycles. The van der Waals surface area contributed by atoms with E-state index in [4.69, 9.17) is 20.2 Å². The van der Waals surface area contributed by atoms with Crippen molar-refractivity contribution in [3.63, 3.8) is 0 Å². The highest BCUT2D eigenvalue weighted by Crippen LogP contribution is 2.25. The molecule has 0 aliphatic carbocycles. The summed E-state index contributed by atoms with van der Waals surface area (Å²) in [7, 11) is 5.36. The zero-order valence-electron chi connectivity index (χ0n) is 19.5. The fourth-order valence-electron chi connectivity index (χ4n) is 3.86. The molecule has 0 spiro atoms. The Kier molecular flexibility index (Phi) is 10.4. The van der Waals surface area contributed by atoms with Crippen molar-refractivity contribution in [2.45, 2.75) is 39.2 Å². The molecule has 1 amide bonds. The number of unbranched alkanes of at least 4 members (excludes halogenated alkanes) is 1. The maximum Gasteiger partial charge on any atom is 0.220 e. The summed E-state index contributed by atoms with van der Waals surface area (Å²) in [6.07, 6.45) is 3.90. The van der Waals surface area contributed by atoms with Crippen LogP contribution < -0.4 is 20.5 Å². The Morgan fingerprint density at radius 1 is 1.26 bits per heavy atom. The zero-order chi connectivity index (χ0) is 22.6. The lowest BCUT2D eigenvalue weighted by Crippen LogP contribution is -2.39. The van der Waals surface area contributed by atoms with Crippen molar-refractivity contribution < 1.29 is 14.3 Å². The van der Waals surface area contributed by atoms with Gasteiger partial charge in [-0.3, -0.25) is 9.79 Å². The average molecular weight is 434 g/mol. The van der Waals surface area contributed by atoms with Gasteiger partial charge >= 0.3 is 0 Å². The van der Waals surface area contributed by atoms with Crippen LogP contribution in [0.4, 0.5) is 0 Å². The Balaban J connectivity index is 1.81. The summed E-state index contributed by atoms with van der Waals surface area (Å²) in [5.74, 6) is 2.39. The molecule has 174 valence electrons. The number of carbonyl (C=O) groups excluding carboxylic acids is 1. The van der Waals surface area contributed by atoms with Crippen LogP contribution in [-0.2, 0) is 11.3 Å². The maximum atomic E-state index is 11.3. The van der Waals surface area contributed by atoms with Crippen molar-refractivity contribution >= 4 is 11.9 Å². The molecule has 1 aromatic carbocycles. The van der Waals surface area contributed by atoms with Gasteiger partial charge in [0, 0.05) is 44.2 Å². The van der Waals surface area contributed by atoms with Crippen LogP contribution >= 0.6 is 0 Å². The molecule has 31 heavy (non-hydrogen) atoms. The third kappa shape index (κ3) is 7.94. The second-order valence-electron chi connectivity index (χ2n) is 7.99. The van der Waals surface area contributed by atoms with Crippen molar-refractivity contribution in [1.82, 2.24) is 15.1 Å². The van der Waals surface area contributed by atoms with Gasteiger partial charge in [0.2, 0.25) is 5.91 Å². The summed E-state index contributed by atoms with van der Waals surface area (Å²) in [6.45, 7) is 7.34. The molecule has 0 atom stereocenters. The monoisotopic (exact) mass is 433 g/mol. The number of benzene rings is 1. The molecule has 1 aliphatic rings. The van der Waals surface area contributed by atoms with E-state index in [0.29, 0.717) is 6.54 Å². The van der Waals surface area contributed by atoms with Crippen molar-refractivity contribution in [2.24, 2.45) is 16.6 Å². The molecular weight excluding hydrogens is 394 g/mol. The summed E-state index contributed by atoms with van der Waals surface area (Å²) < 4.78 is 10.8. The number of likely N-dealkylation sites (tertiary alicyclic amines) is 1. The minimum atomic E-state index is -0.152. The van der Waals surface area contributed by atoms with E-state index in [1.165, 1.54) is 0 Å². The molecule has 8 nitrogen and oxygen atoms in total. The van der Waals surface area contributed by atoms with E-state index in [0.717, 1.165) is 81.4 Å². The summed E-state index contributed by atoms with van der Waals surface area (Å²) in [4.78, 5) is 20.6. The number of aliphatic imine (C=N–C) groups is 1. The van der Waals surface area contributed by atoms with Crippen LogP contribution in [0.2, 0.25) is 0 Å². The molecule has 1 aliphatic heterocycles. The van der Waals surface area contributed by atoms with E-state index in [9.17, 15) is 4.79 Å². The predicted molar refractivity (Wildman–Crippen MR) is 125 cm³/mol. The molecule has 8 heteroatoms. The van der Waals surface area contributed by atoms with Crippen molar-refractivity contribution in [3.8, 4) is 11.5 Å². The number of piperidine rings is 1. The van der Waals surface area contributed by atoms with Crippen LogP contribution in [0.15, 0.2) is 23.2 Å². The highest BCUT2D eigenvalue weighted by atomic mass is 16.5. The number of nitrogens with one attached hydrogen (secondary N) is 1. The first-order valence-electron chi connectivity index (χ1n) is 11.2. The van der Waals surface area contributed by atoms with Gasteiger partial charge in [0.15, 0.2) is 5.96 Å². The first kappa shape index (κ1) is 24.8. The van der Waals surface area contributed by atoms with Gasteiger partial charge in [-0.25, -0.2) is 0 Å². The van der Waals surface area contributed by atoms with Gasteiger partial charge in [-0.15, -0.1) is 0 Å². The summed E-state index contributed by atoms with van der Waals surface area (Å²) >= 11 is 0. The molecular formula is C23H39N5O3. The van der Waals surface area contributed by atoms with Gasteiger partial charge in [-0.2, -0.15) is 0 Å². The van der Waals surface area contributed by atoms with Crippen molar-refractivity contribution in [3.05, 3.63) is 23.8 Å². The lowest BCUT2D eigenvalue weighted by atomic mass is 9.96. The maximum absolute atomic E-state index is 11.3. The molecule has 1 fully saturated rings. The molecule has 1 saturated heterocycles. The van der Waals surface area contributed by atoms with Gasteiger partial charge in [0.1, 0.15) is 11.5 Å². The van der Waals surface area contributed by atoms with Gasteiger partial charge in [-0.1, -0.05) is 0 Å². The number of carbonyl (C=O) groups is 1. The number of nitrogens with zero attached hydrogens (tertiary/aromatic N) is 3. The normalized spacial score (nSPS) is 15.5. The number of methoxy groups -OCH3 is 2. The van der Waals surface area contributed by atoms with E-state index >= 15 is 0 Å². The van der Waals surface area contributed by atoms with E-state index in [1.807, 2.05) is 25.2 Å². The number of hydrogen-bond acceptors (Lipinski definition) is 5. The third-order valence-electron chi connectivity index (χ3n) is 5.73. The quantitative estimate of drug-likeness (QED) is 0.315. The minimum Gasteiger partial charge on any atom is -0.497 e. The van der Waals surface area contributed by atoms with Crippen LogP contribution in [0.1, 0.15) is 38.2 Å². The lowest BCUT2D eigenvalue weighted by Gasteiger charge is -2.30.